The van der Waals surface area contributed by atoms with Crippen molar-refractivity contribution < 1.29 is 0 Å². The molecule has 0 aliphatic carbocycles. The molecule has 0 saturated carbocycles. The van der Waals surface area contributed by atoms with E-state index in [0.717, 1.165) is 5.92 Å². The Morgan fingerprint density at radius 1 is 1.06 bits per heavy atom. The summed E-state index contributed by atoms with van der Waals surface area (Å²) in [5.41, 5.74) is 3.14. The van der Waals surface area contributed by atoms with Crippen molar-refractivity contribution in [2.24, 2.45) is 5.92 Å². The van der Waals surface area contributed by atoms with Crippen molar-refractivity contribution in [2.45, 2.75) is 19.3 Å². The van der Waals surface area contributed by atoms with Gasteiger partial charge in [-0.05, 0) is 55.9 Å². The van der Waals surface area contributed by atoms with E-state index in [4.69, 9.17) is 0 Å². The van der Waals surface area contributed by atoms with Gasteiger partial charge in [0.25, 0.3) is 0 Å². The molecule has 1 saturated heterocycles. The fraction of sp³-hybridized carbons (Fsp3) is 0.600. The molecular formula is C15H22N2. The number of fused-ring (bicyclic) bond motifs is 1. The summed E-state index contributed by atoms with van der Waals surface area (Å²) >= 11 is 0. The molecule has 0 spiro atoms. The van der Waals surface area contributed by atoms with Crippen LogP contribution in [0.15, 0.2) is 24.3 Å². The summed E-state index contributed by atoms with van der Waals surface area (Å²) in [4.78, 5) is 2.65. The predicted molar refractivity (Wildman–Crippen MR) is 71.3 cm³/mol. The lowest BCUT2D eigenvalue weighted by Crippen LogP contribution is -2.43. The van der Waals surface area contributed by atoms with Gasteiger partial charge in [0.1, 0.15) is 0 Å². The summed E-state index contributed by atoms with van der Waals surface area (Å²) in [6.07, 6.45) is 3.85. The van der Waals surface area contributed by atoms with E-state index in [1.807, 2.05) is 0 Å². The second-order valence-corrected chi connectivity index (χ2v) is 5.42. The van der Waals surface area contributed by atoms with Crippen LogP contribution in [0.4, 0.5) is 0 Å². The van der Waals surface area contributed by atoms with E-state index >= 15 is 0 Å². The van der Waals surface area contributed by atoms with Crippen LogP contribution >= 0.6 is 0 Å². The van der Waals surface area contributed by atoms with Crippen LogP contribution in [0.1, 0.15) is 17.5 Å². The van der Waals surface area contributed by atoms with Gasteiger partial charge in [-0.1, -0.05) is 24.3 Å². The third-order valence-corrected chi connectivity index (χ3v) is 4.23. The Kier molecular flexibility index (Phi) is 3.44. The van der Waals surface area contributed by atoms with Crippen molar-refractivity contribution in [3.63, 3.8) is 0 Å². The van der Waals surface area contributed by atoms with Crippen molar-refractivity contribution in [3.8, 4) is 0 Å². The van der Waals surface area contributed by atoms with Crippen LogP contribution in [0.2, 0.25) is 0 Å². The van der Waals surface area contributed by atoms with E-state index in [-0.39, 0.29) is 0 Å². The van der Waals surface area contributed by atoms with Gasteiger partial charge in [-0.2, -0.15) is 0 Å². The molecule has 0 bridgehead atoms. The van der Waals surface area contributed by atoms with Gasteiger partial charge in [0.2, 0.25) is 0 Å². The normalized spacial score (nSPS) is 21.6. The molecule has 0 unspecified atom stereocenters. The standard InChI is InChI=1S/C15H22N2/c1-2-4-15-7-10-17(9-6-14(15)3-1)8-5-13-11-16-12-13/h1-4,13,16H,5-12H2. The molecule has 1 aromatic rings. The van der Waals surface area contributed by atoms with Gasteiger partial charge >= 0.3 is 0 Å². The van der Waals surface area contributed by atoms with Crippen molar-refractivity contribution in [3.05, 3.63) is 35.4 Å². The highest BCUT2D eigenvalue weighted by Crippen LogP contribution is 2.17. The van der Waals surface area contributed by atoms with Crippen LogP contribution in [0.3, 0.4) is 0 Å². The zero-order valence-corrected chi connectivity index (χ0v) is 10.5. The molecule has 3 rings (SSSR count). The molecule has 0 amide bonds. The maximum Gasteiger partial charge on any atom is 0.00221 e. The van der Waals surface area contributed by atoms with E-state index in [2.05, 4.69) is 34.5 Å². The second kappa shape index (κ2) is 5.19. The molecule has 0 aromatic heterocycles. The lowest BCUT2D eigenvalue weighted by molar-refractivity contribution is 0.233. The third kappa shape index (κ3) is 2.70. The molecule has 2 aliphatic heterocycles. The second-order valence-electron chi connectivity index (χ2n) is 5.42. The average molecular weight is 230 g/mol. The fourth-order valence-corrected chi connectivity index (χ4v) is 2.86. The highest BCUT2D eigenvalue weighted by atomic mass is 15.1. The van der Waals surface area contributed by atoms with E-state index in [1.165, 1.54) is 52.0 Å². The topological polar surface area (TPSA) is 15.3 Å². The Morgan fingerprint density at radius 3 is 2.24 bits per heavy atom. The average Bonchev–Trinajstić information content (AvgIpc) is 2.50. The summed E-state index contributed by atoms with van der Waals surface area (Å²) < 4.78 is 0. The predicted octanol–water partition coefficient (Wildman–Crippen LogP) is 1.70. The molecule has 2 aliphatic rings. The van der Waals surface area contributed by atoms with Gasteiger partial charge in [-0.3, -0.25) is 0 Å². The Hall–Kier alpha value is -0.860. The number of benzene rings is 1. The molecular weight excluding hydrogens is 208 g/mol. The van der Waals surface area contributed by atoms with Gasteiger partial charge in [-0.15, -0.1) is 0 Å². The molecule has 2 heterocycles. The zero-order valence-electron chi connectivity index (χ0n) is 10.5. The van der Waals surface area contributed by atoms with Gasteiger partial charge in [0, 0.05) is 13.1 Å². The van der Waals surface area contributed by atoms with Crippen LogP contribution in [0, 0.1) is 5.92 Å². The molecule has 0 atom stereocenters. The first-order valence-electron chi connectivity index (χ1n) is 6.91. The van der Waals surface area contributed by atoms with E-state index < -0.39 is 0 Å². The highest BCUT2D eigenvalue weighted by Gasteiger charge is 2.19. The van der Waals surface area contributed by atoms with Crippen molar-refractivity contribution >= 4 is 0 Å². The van der Waals surface area contributed by atoms with Crippen molar-refractivity contribution in [1.82, 2.24) is 10.2 Å². The smallest absolute Gasteiger partial charge is 0.00221 e. The third-order valence-electron chi connectivity index (χ3n) is 4.23. The van der Waals surface area contributed by atoms with Crippen LogP contribution < -0.4 is 5.32 Å². The van der Waals surface area contributed by atoms with Crippen molar-refractivity contribution in [2.75, 3.05) is 32.7 Å². The lowest BCUT2D eigenvalue weighted by Gasteiger charge is -2.29. The van der Waals surface area contributed by atoms with Crippen LogP contribution in [-0.4, -0.2) is 37.6 Å². The summed E-state index contributed by atoms with van der Waals surface area (Å²) in [6.45, 7) is 6.27. The SMILES string of the molecule is c1ccc2c(c1)CCN(CCC1CNC1)CC2. The summed E-state index contributed by atoms with van der Waals surface area (Å²) in [5.74, 6) is 0.945. The van der Waals surface area contributed by atoms with Crippen LogP contribution in [0.25, 0.3) is 0 Å². The first-order chi connectivity index (χ1) is 8.42. The molecule has 92 valence electrons. The van der Waals surface area contributed by atoms with Crippen LogP contribution in [-0.2, 0) is 12.8 Å². The molecule has 1 N–H and O–H groups in total. The maximum absolute atomic E-state index is 3.36. The van der Waals surface area contributed by atoms with Gasteiger partial charge in [-0.25, -0.2) is 0 Å². The number of nitrogens with one attached hydrogen (secondary N) is 1. The summed E-state index contributed by atoms with van der Waals surface area (Å²) in [5, 5.41) is 3.36. The monoisotopic (exact) mass is 230 g/mol. The molecule has 2 heteroatoms. The minimum atomic E-state index is 0.945. The molecule has 1 aromatic carbocycles. The van der Waals surface area contributed by atoms with E-state index in [0.29, 0.717) is 0 Å². The Labute approximate surface area is 104 Å². The van der Waals surface area contributed by atoms with Gasteiger partial charge < -0.3 is 10.2 Å². The number of hydrogen-bond donors (Lipinski definition) is 1. The Bertz CT molecular complexity index is 344. The fourth-order valence-electron chi connectivity index (χ4n) is 2.86. The van der Waals surface area contributed by atoms with Gasteiger partial charge in [0.15, 0.2) is 0 Å². The van der Waals surface area contributed by atoms with Gasteiger partial charge in [0.05, 0.1) is 0 Å². The Balaban J connectivity index is 1.53. The van der Waals surface area contributed by atoms with Crippen molar-refractivity contribution in [1.29, 1.82) is 0 Å². The largest absolute Gasteiger partial charge is 0.316 e. The lowest BCUT2D eigenvalue weighted by atomic mass is 9.99. The molecule has 1 fully saturated rings. The van der Waals surface area contributed by atoms with E-state index in [9.17, 15) is 0 Å². The van der Waals surface area contributed by atoms with E-state index in [1.54, 1.807) is 11.1 Å². The minimum absolute atomic E-state index is 0.945. The highest BCUT2D eigenvalue weighted by molar-refractivity contribution is 5.28. The zero-order chi connectivity index (χ0) is 11.5. The summed E-state index contributed by atoms with van der Waals surface area (Å²) in [6, 6.07) is 8.95. The van der Waals surface area contributed by atoms with Crippen LogP contribution in [0.5, 0.6) is 0 Å². The number of nitrogens with zero attached hydrogens (tertiary/aromatic N) is 1. The first-order valence-corrected chi connectivity index (χ1v) is 6.91. The first kappa shape index (κ1) is 11.2. The quantitative estimate of drug-likeness (QED) is 0.850. The minimum Gasteiger partial charge on any atom is -0.316 e. The molecule has 17 heavy (non-hydrogen) atoms. The number of hydrogen-bond acceptors (Lipinski definition) is 2. The Morgan fingerprint density at radius 2 is 1.71 bits per heavy atom. The maximum atomic E-state index is 3.36. The summed E-state index contributed by atoms with van der Waals surface area (Å²) in [7, 11) is 0. The molecule has 0 radical (unpaired) electrons. The molecule has 2 nitrogen and oxygen atoms in total. The number of rotatable bonds is 3.